The van der Waals surface area contributed by atoms with Gasteiger partial charge in [-0.05, 0) is 70.8 Å². The van der Waals surface area contributed by atoms with E-state index in [9.17, 15) is 18.0 Å². The summed E-state index contributed by atoms with van der Waals surface area (Å²) in [4.78, 5) is 20.8. The number of hydrazone groups is 1. The van der Waals surface area contributed by atoms with E-state index in [1.807, 2.05) is 41.1 Å². The lowest BCUT2D eigenvalue weighted by Crippen LogP contribution is -2.33. The van der Waals surface area contributed by atoms with Crippen molar-refractivity contribution in [2.24, 2.45) is 16.9 Å². The molecule has 1 saturated carbocycles. The van der Waals surface area contributed by atoms with Gasteiger partial charge in [0.1, 0.15) is 0 Å². The molecule has 0 bridgehead atoms. The quantitative estimate of drug-likeness (QED) is 0.191. The van der Waals surface area contributed by atoms with E-state index < -0.39 is 17.8 Å². The number of carbonyl (C=O) groups is 1. The lowest BCUT2D eigenvalue weighted by molar-refractivity contribution is -0.142. The third-order valence-corrected chi connectivity index (χ3v) is 10.2. The fourth-order valence-electron chi connectivity index (χ4n) is 6.33. The molecule has 45 heavy (non-hydrogen) atoms. The van der Waals surface area contributed by atoms with Crippen LogP contribution >= 0.6 is 22.7 Å². The second-order valence-electron chi connectivity index (χ2n) is 12.0. The number of halogens is 3. The number of hydrogen-bond donors (Lipinski definition) is 0. The number of benzene rings is 1. The number of hydrogen-bond acceptors (Lipinski definition) is 6. The first-order valence-corrected chi connectivity index (χ1v) is 16.6. The van der Waals surface area contributed by atoms with Gasteiger partial charge in [0.25, 0.3) is 5.91 Å². The van der Waals surface area contributed by atoms with E-state index in [0.717, 1.165) is 50.0 Å². The van der Waals surface area contributed by atoms with E-state index in [1.54, 1.807) is 34.8 Å². The molecule has 6 nitrogen and oxygen atoms in total. The molecular weight excluding hydrogens is 616 g/mol. The summed E-state index contributed by atoms with van der Waals surface area (Å²) >= 11 is 3.18. The Morgan fingerprint density at radius 2 is 1.80 bits per heavy atom. The van der Waals surface area contributed by atoms with Crippen LogP contribution in [0, 0.1) is 11.8 Å². The minimum absolute atomic E-state index is 0.0381. The van der Waals surface area contributed by atoms with Crippen LogP contribution in [0.4, 0.5) is 13.2 Å². The van der Waals surface area contributed by atoms with Gasteiger partial charge in [0.2, 0.25) is 0 Å². The summed E-state index contributed by atoms with van der Waals surface area (Å²) in [5, 5.41) is 14.5. The molecule has 4 aromatic heterocycles. The summed E-state index contributed by atoms with van der Waals surface area (Å²) in [6.07, 6.45) is -0.900. The summed E-state index contributed by atoms with van der Waals surface area (Å²) in [6, 6.07) is 17.2. The average molecular weight is 646 g/mol. The van der Waals surface area contributed by atoms with Crippen molar-refractivity contribution < 1.29 is 18.0 Å². The third-order valence-electron chi connectivity index (χ3n) is 8.48. The van der Waals surface area contributed by atoms with Crippen LogP contribution in [0.3, 0.4) is 0 Å². The van der Waals surface area contributed by atoms with Crippen LogP contribution in [0.1, 0.15) is 77.1 Å². The lowest BCUT2D eigenvalue weighted by Gasteiger charge is -2.31. The van der Waals surface area contributed by atoms with E-state index in [1.165, 1.54) is 11.1 Å². The number of allylic oxidation sites excluding steroid dienone is 1. The van der Waals surface area contributed by atoms with Gasteiger partial charge in [0.05, 0.1) is 17.4 Å². The summed E-state index contributed by atoms with van der Waals surface area (Å²) < 4.78 is 43.8. The predicted octanol–water partition coefficient (Wildman–Crippen LogP) is 9.34. The Hall–Kier alpha value is -4.09. The van der Waals surface area contributed by atoms with Crippen LogP contribution < -0.4 is 0 Å². The summed E-state index contributed by atoms with van der Waals surface area (Å²) in [5.74, 6) is 0.0632. The largest absolute Gasteiger partial charge is 0.433 e. The maximum absolute atomic E-state index is 14.4. The zero-order valence-electron chi connectivity index (χ0n) is 24.8. The average Bonchev–Trinajstić information content (AvgIpc) is 3.82. The van der Waals surface area contributed by atoms with Gasteiger partial charge in [0, 0.05) is 27.3 Å². The number of alkyl halides is 3. The Morgan fingerprint density at radius 3 is 2.47 bits per heavy atom. The highest BCUT2D eigenvalue weighted by molar-refractivity contribution is 7.11. The van der Waals surface area contributed by atoms with Crippen molar-refractivity contribution in [1.82, 2.24) is 19.6 Å². The van der Waals surface area contributed by atoms with Gasteiger partial charge in [-0.1, -0.05) is 57.2 Å². The number of fused-ring (bicyclic) bond motifs is 2. The van der Waals surface area contributed by atoms with Gasteiger partial charge in [-0.25, -0.2) is 14.5 Å². The fraction of sp³-hybridized carbons (Fsp3) is 0.294. The van der Waals surface area contributed by atoms with E-state index in [2.05, 4.69) is 43.0 Å². The number of thiophene rings is 2. The number of rotatable bonds is 5. The van der Waals surface area contributed by atoms with Crippen molar-refractivity contribution in [2.45, 2.75) is 51.7 Å². The van der Waals surface area contributed by atoms with Crippen molar-refractivity contribution in [3.8, 4) is 11.3 Å². The highest BCUT2D eigenvalue weighted by Crippen LogP contribution is 2.47. The first-order chi connectivity index (χ1) is 21.6. The van der Waals surface area contributed by atoms with Crippen LogP contribution in [-0.4, -0.2) is 31.2 Å². The highest BCUT2D eigenvalue weighted by atomic mass is 32.1. The Labute approximate surface area is 266 Å². The second kappa shape index (κ2) is 11.4. The number of aromatic nitrogens is 3. The first-order valence-electron chi connectivity index (χ1n) is 14.8. The van der Waals surface area contributed by atoms with E-state index in [4.69, 9.17) is 5.10 Å². The monoisotopic (exact) mass is 645 g/mol. The molecule has 11 heteroatoms. The van der Waals surface area contributed by atoms with Crippen LogP contribution in [0.15, 0.2) is 82.1 Å². The van der Waals surface area contributed by atoms with Crippen molar-refractivity contribution in [2.75, 3.05) is 0 Å². The highest BCUT2D eigenvalue weighted by Gasteiger charge is 2.46. The van der Waals surface area contributed by atoms with Crippen molar-refractivity contribution >= 4 is 46.0 Å². The Balaban J connectivity index is 1.32. The molecule has 3 atom stereocenters. The number of carbonyl (C=O) groups excluding carboxylic acids is 1. The predicted molar refractivity (Wildman–Crippen MR) is 172 cm³/mol. The summed E-state index contributed by atoms with van der Waals surface area (Å²) in [6.45, 7) is 6.31. The zero-order chi connectivity index (χ0) is 31.5. The Bertz CT molecular complexity index is 1920. The fourth-order valence-corrected chi connectivity index (χ4v) is 7.88. The number of amides is 1. The molecule has 1 fully saturated rings. The molecular formula is C34H30F3N5OS2. The second-order valence-corrected chi connectivity index (χ2v) is 14.0. The molecule has 0 N–H and O–H groups in total. The smallest absolute Gasteiger partial charge is 0.265 e. The van der Waals surface area contributed by atoms with Gasteiger partial charge in [-0.2, -0.15) is 23.4 Å². The van der Waals surface area contributed by atoms with Gasteiger partial charge in [-0.15, -0.1) is 22.7 Å². The topological polar surface area (TPSA) is 62.9 Å². The van der Waals surface area contributed by atoms with Crippen molar-refractivity contribution in [1.29, 1.82) is 0 Å². The number of nitrogens with zero attached hydrogens (tertiary/aromatic N) is 5. The maximum Gasteiger partial charge on any atom is 0.433 e. The van der Waals surface area contributed by atoms with Crippen LogP contribution in [-0.2, 0) is 6.18 Å². The molecule has 2 aliphatic rings. The third kappa shape index (κ3) is 5.52. The Kier molecular flexibility index (Phi) is 7.48. The van der Waals surface area contributed by atoms with Gasteiger partial charge < -0.3 is 0 Å². The zero-order valence-corrected chi connectivity index (χ0v) is 26.5. The molecule has 5 aromatic rings. The standard InChI is InChI=1S/C34H30F3N5OS2/c1-19(2)21-8-10-22(11-9-21)26-17-29(34(35,36)37)41-30(38-26)18-27(39-41)33(43)42-32(28-7-5-13-45-28)25-15-20(3)14-23(31(25)40-42)16-24-6-4-12-44-24/h4-13,16-20,25,32H,14-15H2,1-3H3/b23-16+/t20-,25+,32+/m0/s1. The van der Waals surface area contributed by atoms with Gasteiger partial charge in [-0.3, -0.25) is 4.79 Å². The molecule has 0 unspecified atom stereocenters. The van der Waals surface area contributed by atoms with Gasteiger partial charge >= 0.3 is 6.18 Å². The SMILES string of the molecule is CC(C)c1ccc(-c2cc(C(F)(F)F)n3nc(C(=O)N4N=C5/C(=C/c6cccs6)C[C@H](C)C[C@H]5[C@@H]4c4cccs4)cc3n2)cc1. The molecule has 1 amide bonds. The van der Waals surface area contributed by atoms with Crippen LogP contribution in [0.2, 0.25) is 0 Å². The molecule has 0 saturated heterocycles. The van der Waals surface area contributed by atoms with E-state index in [-0.39, 0.29) is 34.9 Å². The maximum atomic E-state index is 14.4. The van der Waals surface area contributed by atoms with Crippen LogP contribution in [0.5, 0.6) is 0 Å². The summed E-state index contributed by atoms with van der Waals surface area (Å²) in [5.41, 5.74) is 2.53. The molecule has 7 rings (SSSR count). The minimum atomic E-state index is -4.72. The summed E-state index contributed by atoms with van der Waals surface area (Å²) in [7, 11) is 0. The first kappa shape index (κ1) is 29.6. The van der Waals surface area contributed by atoms with Crippen LogP contribution in [0.25, 0.3) is 23.0 Å². The molecule has 1 aromatic carbocycles. The van der Waals surface area contributed by atoms with Crippen molar-refractivity contribution in [3.05, 3.63) is 104 Å². The van der Waals surface area contributed by atoms with Crippen molar-refractivity contribution in [3.63, 3.8) is 0 Å². The molecule has 230 valence electrons. The Morgan fingerprint density at radius 1 is 1.04 bits per heavy atom. The molecule has 0 radical (unpaired) electrons. The molecule has 5 heterocycles. The molecule has 1 aliphatic heterocycles. The van der Waals surface area contributed by atoms with E-state index in [0.29, 0.717) is 11.5 Å². The van der Waals surface area contributed by atoms with E-state index >= 15 is 0 Å². The van der Waals surface area contributed by atoms with Gasteiger partial charge in [0.15, 0.2) is 17.0 Å². The molecule has 0 spiro atoms. The normalized spacial score (nSPS) is 21.1. The molecule has 1 aliphatic carbocycles. The lowest BCUT2D eigenvalue weighted by atomic mass is 9.74. The minimum Gasteiger partial charge on any atom is -0.265 e.